The number of carbonyl (C=O) groups excluding carboxylic acids is 1. The number of halogens is 2. The number of hydrogen-bond acceptors (Lipinski definition) is 2. The van der Waals surface area contributed by atoms with Gasteiger partial charge in [-0.05, 0) is 42.8 Å². The molecule has 0 unspecified atom stereocenters. The molecule has 2 rings (SSSR count). The maximum atomic E-state index is 13.1. The lowest BCUT2D eigenvalue weighted by molar-refractivity contribution is -0.114. The molecule has 0 spiro atoms. The normalized spacial score (nSPS) is 10.2. The zero-order valence-electron chi connectivity index (χ0n) is 10.9. The van der Waals surface area contributed by atoms with Crippen molar-refractivity contribution in [3.8, 4) is 0 Å². The topological polar surface area (TPSA) is 41.1 Å². The monoisotopic (exact) mass is 292 g/mol. The maximum absolute atomic E-state index is 13.1. The number of anilines is 2. The fraction of sp³-hybridized carbons (Fsp3) is 0.133. The Bertz CT molecular complexity index is 631. The molecule has 0 bridgehead atoms. The highest BCUT2D eigenvalue weighted by Gasteiger charge is 2.05. The lowest BCUT2D eigenvalue weighted by Crippen LogP contribution is -2.22. The fourth-order valence-corrected chi connectivity index (χ4v) is 1.92. The van der Waals surface area contributed by atoms with Crippen molar-refractivity contribution in [2.75, 3.05) is 17.2 Å². The van der Waals surface area contributed by atoms with Crippen LogP contribution in [0.25, 0.3) is 0 Å². The smallest absolute Gasteiger partial charge is 0.243 e. The molecular weight excluding hydrogens is 279 g/mol. The highest BCUT2D eigenvalue weighted by atomic mass is 35.5. The van der Waals surface area contributed by atoms with E-state index in [9.17, 15) is 9.18 Å². The van der Waals surface area contributed by atoms with Crippen LogP contribution in [0.1, 0.15) is 5.56 Å². The molecule has 0 saturated carbocycles. The Morgan fingerprint density at radius 3 is 2.80 bits per heavy atom. The number of benzene rings is 2. The summed E-state index contributed by atoms with van der Waals surface area (Å²) in [4.78, 5) is 11.8. The molecule has 0 aromatic heterocycles. The third kappa shape index (κ3) is 3.96. The number of rotatable bonds is 4. The molecule has 0 radical (unpaired) electrons. The van der Waals surface area contributed by atoms with Crippen LogP contribution >= 0.6 is 11.6 Å². The van der Waals surface area contributed by atoms with Crippen LogP contribution in [0.15, 0.2) is 42.5 Å². The van der Waals surface area contributed by atoms with Gasteiger partial charge >= 0.3 is 0 Å². The second-order valence-corrected chi connectivity index (χ2v) is 4.81. The highest BCUT2D eigenvalue weighted by Crippen LogP contribution is 2.16. The molecule has 2 aromatic carbocycles. The number of aryl methyl sites for hydroxylation is 1. The van der Waals surface area contributed by atoms with E-state index >= 15 is 0 Å². The highest BCUT2D eigenvalue weighted by molar-refractivity contribution is 6.30. The van der Waals surface area contributed by atoms with Crippen LogP contribution in [-0.2, 0) is 4.79 Å². The summed E-state index contributed by atoms with van der Waals surface area (Å²) in [5, 5.41) is 6.16. The van der Waals surface area contributed by atoms with Crippen LogP contribution in [0, 0.1) is 12.7 Å². The third-order valence-corrected chi connectivity index (χ3v) is 2.98. The molecule has 0 aliphatic carbocycles. The minimum absolute atomic E-state index is 0.0524. The molecule has 20 heavy (non-hydrogen) atoms. The molecular formula is C15H14ClFN2O. The summed E-state index contributed by atoms with van der Waals surface area (Å²) in [7, 11) is 0. The molecule has 2 N–H and O–H groups in total. The van der Waals surface area contributed by atoms with Crippen molar-refractivity contribution in [1.82, 2.24) is 0 Å². The number of amides is 1. The van der Waals surface area contributed by atoms with Crippen molar-refractivity contribution in [1.29, 1.82) is 0 Å². The van der Waals surface area contributed by atoms with Crippen LogP contribution in [-0.4, -0.2) is 12.5 Å². The van der Waals surface area contributed by atoms with Gasteiger partial charge in [-0.1, -0.05) is 23.7 Å². The molecule has 2 aromatic rings. The van der Waals surface area contributed by atoms with Gasteiger partial charge in [0.25, 0.3) is 0 Å². The van der Waals surface area contributed by atoms with E-state index in [2.05, 4.69) is 10.6 Å². The Hall–Kier alpha value is -2.07. The maximum Gasteiger partial charge on any atom is 0.243 e. The molecule has 0 heterocycles. The van der Waals surface area contributed by atoms with Crippen molar-refractivity contribution in [3.05, 3.63) is 58.9 Å². The Labute approximate surface area is 121 Å². The Kier molecular flexibility index (Phi) is 4.58. The Balaban J connectivity index is 1.94. The van der Waals surface area contributed by atoms with E-state index in [-0.39, 0.29) is 18.3 Å². The summed E-state index contributed by atoms with van der Waals surface area (Å²) in [5.74, 6) is -0.565. The molecule has 0 fully saturated rings. The van der Waals surface area contributed by atoms with E-state index in [1.54, 1.807) is 30.3 Å². The third-order valence-electron chi connectivity index (χ3n) is 2.75. The summed E-state index contributed by atoms with van der Waals surface area (Å²) in [6.07, 6.45) is 0. The van der Waals surface area contributed by atoms with Gasteiger partial charge in [-0.3, -0.25) is 4.79 Å². The van der Waals surface area contributed by atoms with Crippen molar-refractivity contribution < 1.29 is 9.18 Å². The summed E-state index contributed by atoms with van der Waals surface area (Å²) < 4.78 is 13.1. The predicted octanol–water partition coefficient (Wildman–Crippen LogP) is 3.84. The van der Waals surface area contributed by atoms with Crippen LogP contribution < -0.4 is 10.6 Å². The second-order valence-electron chi connectivity index (χ2n) is 4.37. The van der Waals surface area contributed by atoms with Gasteiger partial charge in [0.2, 0.25) is 5.91 Å². The first-order valence-electron chi connectivity index (χ1n) is 6.10. The van der Waals surface area contributed by atoms with E-state index in [1.807, 2.05) is 6.92 Å². The molecule has 3 nitrogen and oxygen atoms in total. The van der Waals surface area contributed by atoms with Gasteiger partial charge in [-0.15, -0.1) is 0 Å². The first-order valence-corrected chi connectivity index (χ1v) is 6.48. The minimum Gasteiger partial charge on any atom is -0.376 e. The van der Waals surface area contributed by atoms with Crippen LogP contribution in [0.2, 0.25) is 5.02 Å². The van der Waals surface area contributed by atoms with E-state index < -0.39 is 0 Å². The molecule has 1 amide bonds. The van der Waals surface area contributed by atoms with Crippen molar-refractivity contribution in [3.63, 3.8) is 0 Å². The van der Waals surface area contributed by atoms with Crippen molar-refractivity contribution in [2.24, 2.45) is 0 Å². The fourth-order valence-electron chi connectivity index (χ4n) is 1.73. The van der Waals surface area contributed by atoms with Gasteiger partial charge in [0, 0.05) is 16.4 Å². The van der Waals surface area contributed by atoms with Crippen molar-refractivity contribution >= 4 is 28.9 Å². The van der Waals surface area contributed by atoms with E-state index in [1.165, 1.54) is 12.1 Å². The Morgan fingerprint density at radius 1 is 1.25 bits per heavy atom. The summed E-state index contributed by atoms with van der Waals surface area (Å²) in [5.41, 5.74) is 2.11. The SMILES string of the molecule is Cc1ccc(F)cc1NCC(=O)Nc1cccc(Cl)c1. The van der Waals surface area contributed by atoms with E-state index in [0.29, 0.717) is 16.4 Å². The van der Waals surface area contributed by atoms with Crippen molar-refractivity contribution in [2.45, 2.75) is 6.92 Å². The van der Waals surface area contributed by atoms with Gasteiger partial charge < -0.3 is 10.6 Å². The first-order chi connectivity index (χ1) is 9.54. The molecule has 0 saturated heterocycles. The Morgan fingerprint density at radius 2 is 2.05 bits per heavy atom. The summed E-state index contributed by atoms with van der Waals surface area (Å²) in [6, 6.07) is 11.3. The van der Waals surface area contributed by atoms with Crippen LogP contribution in [0.5, 0.6) is 0 Å². The lowest BCUT2D eigenvalue weighted by Gasteiger charge is -2.10. The van der Waals surface area contributed by atoms with Crippen LogP contribution in [0.4, 0.5) is 15.8 Å². The largest absolute Gasteiger partial charge is 0.376 e. The zero-order chi connectivity index (χ0) is 14.5. The summed E-state index contributed by atoms with van der Waals surface area (Å²) >= 11 is 5.83. The summed E-state index contributed by atoms with van der Waals surface area (Å²) in [6.45, 7) is 1.90. The molecule has 0 aliphatic rings. The lowest BCUT2D eigenvalue weighted by atomic mass is 10.2. The minimum atomic E-state index is -0.339. The van der Waals surface area contributed by atoms with Gasteiger partial charge in [-0.2, -0.15) is 0 Å². The van der Waals surface area contributed by atoms with Gasteiger partial charge in [-0.25, -0.2) is 4.39 Å². The molecule has 0 aliphatic heterocycles. The average Bonchev–Trinajstić information content (AvgIpc) is 2.40. The number of carbonyl (C=O) groups is 1. The van der Waals surface area contributed by atoms with E-state index in [0.717, 1.165) is 5.56 Å². The zero-order valence-corrected chi connectivity index (χ0v) is 11.7. The van der Waals surface area contributed by atoms with Crippen LogP contribution in [0.3, 0.4) is 0 Å². The van der Waals surface area contributed by atoms with Gasteiger partial charge in [0.15, 0.2) is 0 Å². The molecule has 104 valence electrons. The molecule has 5 heteroatoms. The molecule has 0 atom stereocenters. The quantitative estimate of drug-likeness (QED) is 0.899. The average molecular weight is 293 g/mol. The van der Waals surface area contributed by atoms with Gasteiger partial charge in [0.1, 0.15) is 5.82 Å². The number of nitrogens with one attached hydrogen (secondary N) is 2. The number of hydrogen-bond donors (Lipinski definition) is 2. The van der Waals surface area contributed by atoms with Gasteiger partial charge in [0.05, 0.1) is 6.54 Å². The standard InChI is InChI=1S/C15H14ClFN2O/c1-10-5-6-12(17)8-14(10)18-9-15(20)19-13-4-2-3-11(16)7-13/h2-8,18H,9H2,1H3,(H,19,20). The van der Waals surface area contributed by atoms with E-state index in [4.69, 9.17) is 11.6 Å². The first kappa shape index (κ1) is 14.3. The predicted molar refractivity (Wildman–Crippen MR) is 79.7 cm³/mol. The second kappa shape index (κ2) is 6.39.